The maximum atomic E-state index is 15.4. The predicted molar refractivity (Wildman–Crippen MR) is 512 cm³/mol. The van der Waals surface area contributed by atoms with E-state index in [1.807, 2.05) is 87.5 Å². The molecular formula is C98H141N19O18. The molecule has 15 atom stereocenters. The van der Waals surface area contributed by atoms with Crippen LogP contribution in [0.4, 0.5) is 0 Å². The number of benzene rings is 4. The van der Waals surface area contributed by atoms with Crippen molar-refractivity contribution in [2.75, 3.05) is 19.7 Å². The number of aliphatic hydroxyl groups is 1. The molecule has 37 heteroatoms. The summed E-state index contributed by atoms with van der Waals surface area (Å²) in [5, 5.41) is 65.9. The van der Waals surface area contributed by atoms with Crippen molar-refractivity contribution >= 4 is 128 Å². The summed E-state index contributed by atoms with van der Waals surface area (Å²) in [5.41, 5.74) is 4.60. The first-order valence-corrected chi connectivity index (χ1v) is 46.6. The second-order valence-corrected chi connectivity index (χ2v) is 37.7. The van der Waals surface area contributed by atoms with Crippen LogP contribution >= 0.6 is 0 Å². The smallest absolute Gasteiger partial charge is 0.243 e. The molecule has 0 aliphatic carbocycles. The van der Waals surface area contributed by atoms with E-state index in [-0.39, 0.29) is 99.9 Å². The number of aliphatic hydroxyl groups excluding tert-OH is 1. The number of phenolic OH excluding ortho intramolecular Hbond substituents is 1. The summed E-state index contributed by atoms with van der Waals surface area (Å²) in [6.07, 6.45) is 5.72. The molecule has 736 valence electrons. The van der Waals surface area contributed by atoms with E-state index in [9.17, 15) is 53.4 Å². The average molecular weight is 1870 g/mol. The van der Waals surface area contributed by atoms with Crippen LogP contribution in [0, 0.1) is 47.3 Å². The van der Waals surface area contributed by atoms with Crippen molar-refractivity contribution in [3.8, 4) is 5.75 Å². The second kappa shape index (κ2) is 52.4. The van der Waals surface area contributed by atoms with Crippen LogP contribution in [-0.4, -0.2) is 224 Å². The first-order chi connectivity index (χ1) is 63.9. The molecule has 0 spiro atoms. The van der Waals surface area contributed by atoms with E-state index in [0.717, 1.165) is 27.4 Å². The third kappa shape index (κ3) is 33.1. The van der Waals surface area contributed by atoms with Crippen LogP contribution in [0.2, 0.25) is 0 Å². The Morgan fingerprint density at radius 2 is 0.630 bits per heavy atom. The van der Waals surface area contributed by atoms with Gasteiger partial charge < -0.3 is 110 Å². The molecule has 21 N–H and O–H groups in total. The summed E-state index contributed by atoms with van der Waals surface area (Å²) in [6.45, 7) is 29.8. The fourth-order valence-electron chi connectivity index (χ4n) is 15.8. The molecule has 0 saturated heterocycles. The number of hydrogen-bond donors (Lipinski definition) is 21. The van der Waals surface area contributed by atoms with E-state index < -0.39 is 197 Å². The van der Waals surface area contributed by atoms with Gasteiger partial charge in [-0.25, -0.2) is 0 Å². The lowest BCUT2D eigenvalue weighted by molar-refractivity contribution is -0.137. The van der Waals surface area contributed by atoms with Crippen molar-refractivity contribution in [2.24, 2.45) is 47.3 Å². The monoisotopic (exact) mass is 1870 g/mol. The zero-order valence-corrected chi connectivity index (χ0v) is 80.7. The van der Waals surface area contributed by atoms with Crippen molar-refractivity contribution in [2.45, 2.75) is 267 Å². The van der Waals surface area contributed by atoms with E-state index in [1.54, 1.807) is 115 Å². The molecule has 0 saturated carbocycles. The topological polar surface area (TPSA) is 553 Å². The number of para-hydroxylation sites is 3. The minimum Gasteiger partial charge on any atom is -0.508 e. The van der Waals surface area contributed by atoms with Gasteiger partial charge >= 0.3 is 0 Å². The highest BCUT2D eigenvalue weighted by atomic mass is 16.3. The maximum absolute atomic E-state index is 15.4. The predicted octanol–water partition coefficient (Wildman–Crippen LogP) is 3.99. The van der Waals surface area contributed by atoms with Gasteiger partial charge in [0.1, 0.15) is 90.3 Å². The number of nitrogens with one attached hydrogen (secondary N) is 19. The van der Waals surface area contributed by atoms with Gasteiger partial charge in [0.05, 0.1) is 13.2 Å². The van der Waals surface area contributed by atoms with E-state index >= 15 is 33.6 Å². The number of amides is 16. The molecule has 37 nitrogen and oxygen atoms in total. The molecule has 4 aromatic carbocycles. The summed E-state index contributed by atoms with van der Waals surface area (Å²) in [5.74, 6) is -14.9. The Hall–Kier alpha value is -13.2. The Labute approximate surface area is 788 Å². The number of fused-ring (bicyclic) bond motifs is 3. The first-order valence-electron chi connectivity index (χ1n) is 46.6. The van der Waals surface area contributed by atoms with Crippen molar-refractivity contribution in [1.29, 1.82) is 0 Å². The van der Waals surface area contributed by atoms with Crippen LogP contribution < -0.4 is 85.1 Å². The summed E-state index contributed by atoms with van der Waals surface area (Å²) in [6, 6.07) is 9.43. The molecule has 0 radical (unpaired) electrons. The minimum absolute atomic E-state index is 0.00512. The third-order valence-electron chi connectivity index (χ3n) is 23.4. The lowest BCUT2D eigenvalue weighted by atomic mass is 9.97. The van der Waals surface area contributed by atoms with Gasteiger partial charge in [0, 0.05) is 83.5 Å². The summed E-state index contributed by atoms with van der Waals surface area (Å²) in [4.78, 5) is 238. The molecule has 16 amide bonds. The Balaban J connectivity index is 1.09. The van der Waals surface area contributed by atoms with Crippen molar-refractivity contribution in [3.05, 3.63) is 138 Å². The number of aromatic hydroxyl groups is 1. The molecule has 0 unspecified atom stereocenters. The Morgan fingerprint density at radius 1 is 0.326 bits per heavy atom. The highest BCUT2D eigenvalue weighted by molar-refractivity contribution is 6.02. The standard InChI is InChI=1S/C98H141N19O18/c1-19-58(16)84(104-50-119)95(132)103-49-80(121)105-59(17)85(122)107-72(38-51(2)3)88(125)106-60(18)86(123)115-81(55(10)11)96(133)113-75(41-54(8)9)91(128)110-76(42-61-32-34-65(120)35-33-61)92(129)108-74(40-53(6)7)90(127)112-79(45-64-48-102-71-31-25-22-28-68(64)71)94(131)116-83(57(14)15)98(135)117-82(56(12)13)97(134)114-78(44-63-47-101-70-30-24-21-27-67(63)70)93(130)109-73(39-52(4)5)89(126)111-77(87(124)99-36-37-118)43-62-46-100-69-29-23-20-26-66(62)69/h20-35,46-48,50-60,72-79,81-84,100-102,118,120H,19,36-45,49H2,1-18H3,(H,99,124)(H,103,132)(H,104,119)(H,105,121)(H,106,125)(H,107,122)(H,108,129)(H,109,130)(H,110,128)(H,111,126)(H,112,127)(H,113,133)(H,114,134)(H,115,123)(H,116,131)(H,117,135)/t58-,59-,60-,72+,73+,74+,75+,76-,77-,78-,79-,81+,82-,83+,84-/m0/s1. The number of aromatic nitrogens is 3. The summed E-state index contributed by atoms with van der Waals surface area (Å²) in [7, 11) is 0. The molecule has 7 aromatic rings. The summed E-state index contributed by atoms with van der Waals surface area (Å²) < 4.78 is 0. The molecule has 7 rings (SSSR count). The van der Waals surface area contributed by atoms with Crippen molar-refractivity contribution in [1.82, 2.24) is 100 Å². The SMILES string of the molecule is CC[C@H](C)[C@H](NC=O)C(=O)NCC(=O)N[C@@H](C)C(=O)N[C@H](CC(C)C)C(=O)N[C@@H](C)C(=O)N[C@@H](C(=O)N[C@H](CC(C)C)C(=O)N[C@@H](Cc1ccc(O)cc1)C(=O)N[C@H](CC(C)C)C(=O)N[C@@H](Cc1c[nH]c2ccccc12)C(=O)N[C@@H](C(=O)N[C@H](C(=O)N[C@@H](Cc1c[nH]c2ccccc12)C(=O)N[C@H](CC(C)C)C(=O)N[C@@H](Cc1c[nH]c2ccccc12)C(=O)NCCO)C(C)C)C(C)C)C(C)C. The molecule has 0 aliphatic rings. The van der Waals surface area contributed by atoms with Crippen LogP contribution in [0.25, 0.3) is 32.7 Å². The number of phenols is 1. The van der Waals surface area contributed by atoms with Gasteiger partial charge in [0.2, 0.25) is 95.0 Å². The fourth-order valence-corrected chi connectivity index (χ4v) is 15.8. The van der Waals surface area contributed by atoms with Crippen molar-refractivity contribution < 1.29 is 86.9 Å². The lowest BCUT2D eigenvalue weighted by Crippen LogP contribution is -2.62. The molecule has 135 heavy (non-hydrogen) atoms. The molecule has 3 aromatic heterocycles. The molecule has 0 aliphatic heterocycles. The number of carbonyl (C=O) groups is 16. The fraction of sp³-hybridized carbons (Fsp3) is 0.531. The highest BCUT2D eigenvalue weighted by Crippen LogP contribution is 2.25. The van der Waals surface area contributed by atoms with Gasteiger partial charge in [-0.1, -0.05) is 184 Å². The lowest BCUT2D eigenvalue weighted by Gasteiger charge is -2.30. The van der Waals surface area contributed by atoms with E-state index in [1.165, 1.54) is 38.1 Å². The molecule has 3 heterocycles. The largest absolute Gasteiger partial charge is 0.508 e. The van der Waals surface area contributed by atoms with E-state index in [4.69, 9.17) is 0 Å². The second-order valence-electron chi connectivity index (χ2n) is 37.7. The van der Waals surface area contributed by atoms with Crippen LogP contribution in [-0.2, 0) is 102 Å². The van der Waals surface area contributed by atoms with Gasteiger partial charge in [-0.2, -0.15) is 0 Å². The molecule has 0 bridgehead atoms. The summed E-state index contributed by atoms with van der Waals surface area (Å²) >= 11 is 0. The Bertz CT molecular complexity index is 5210. The quantitative estimate of drug-likeness (QED) is 0.0240. The van der Waals surface area contributed by atoms with Crippen molar-refractivity contribution in [3.63, 3.8) is 0 Å². The third-order valence-corrected chi connectivity index (χ3v) is 23.4. The number of H-pyrrole nitrogens is 3. The molecule has 0 fully saturated rings. The van der Waals surface area contributed by atoms with E-state index in [0.29, 0.717) is 40.4 Å². The van der Waals surface area contributed by atoms with E-state index in [2.05, 4.69) is 100 Å². The Morgan fingerprint density at radius 3 is 1.01 bits per heavy atom. The zero-order chi connectivity index (χ0) is 99.8. The van der Waals surface area contributed by atoms with Crippen LogP contribution in [0.5, 0.6) is 5.75 Å². The highest BCUT2D eigenvalue weighted by Gasteiger charge is 2.41. The number of hydrogen-bond acceptors (Lipinski definition) is 18. The van der Waals surface area contributed by atoms with Gasteiger partial charge in [0.25, 0.3) is 0 Å². The zero-order valence-electron chi connectivity index (χ0n) is 80.7. The van der Waals surface area contributed by atoms with Crippen LogP contribution in [0.1, 0.15) is 179 Å². The number of rotatable bonds is 54. The normalized spacial score (nSPS) is 14.9. The maximum Gasteiger partial charge on any atom is 0.243 e. The van der Waals surface area contributed by atoms with Crippen LogP contribution in [0.3, 0.4) is 0 Å². The first kappa shape index (κ1) is 109. The molecular weight excluding hydrogens is 1730 g/mol. The van der Waals surface area contributed by atoms with Crippen LogP contribution in [0.15, 0.2) is 116 Å². The van der Waals surface area contributed by atoms with Gasteiger partial charge in [-0.3, -0.25) is 76.7 Å². The average Bonchev–Trinajstić information content (AvgIpc) is 1.67. The number of carbonyl (C=O) groups excluding carboxylic acids is 16. The van der Waals surface area contributed by atoms with Gasteiger partial charge in [-0.05, 0) is 139 Å². The number of aromatic amines is 3. The van der Waals surface area contributed by atoms with Gasteiger partial charge in [0.15, 0.2) is 0 Å². The minimum atomic E-state index is -1.51. The Kier molecular flexibility index (Phi) is 42.3. The van der Waals surface area contributed by atoms with Gasteiger partial charge in [-0.15, -0.1) is 0 Å².